The van der Waals surface area contributed by atoms with Crippen LogP contribution < -0.4 is 10.6 Å². The largest absolute Gasteiger partial charge is 0.389 e. The van der Waals surface area contributed by atoms with Crippen LogP contribution in [0.3, 0.4) is 0 Å². The van der Waals surface area contributed by atoms with Gasteiger partial charge in [-0.05, 0) is 37.4 Å². The van der Waals surface area contributed by atoms with Gasteiger partial charge in [0.05, 0.1) is 16.3 Å². The summed E-state index contributed by atoms with van der Waals surface area (Å²) < 4.78 is 0. The molecule has 1 aromatic carbocycles. The van der Waals surface area contributed by atoms with Crippen molar-refractivity contribution in [1.82, 2.24) is 15.3 Å². The van der Waals surface area contributed by atoms with E-state index in [0.29, 0.717) is 40.9 Å². The third-order valence-corrected chi connectivity index (χ3v) is 3.43. The summed E-state index contributed by atoms with van der Waals surface area (Å²) in [6.45, 7) is 3.23. The van der Waals surface area contributed by atoms with Crippen LogP contribution in [0.2, 0.25) is 5.02 Å². The number of hydrogen-bond acceptors (Lipinski definition) is 6. The Morgan fingerprint density at radius 1 is 1.38 bits per heavy atom. The Bertz CT molecular complexity index is 794. The van der Waals surface area contributed by atoms with Gasteiger partial charge in [-0.25, -0.2) is 9.97 Å². The number of aryl methyl sites for hydroxylation is 1. The summed E-state index contributed by atoms with van der Waals surface area (Å²) in [6.07, 6.45) is 5.05. The van der Waals surface area contributed by atoms with E-state index in [1.165, 1.54) is 0 Å². The molecule has 0 aliphatic heterocycles. The quantitative estimate of drug-likeness (QED) is 0.532. The molecule has 0 radical (unpaired) electrons. The second-order valence-electron chi connectivity index (χ2n) is 4.96. The molecular formula is C17H17ClN6. The molecule has 122 valence electrons. The molecule has 0 aliphatic carbocycles. The Labute approximate surface area is 145 Å². The number of anilines is 1. The fourth-order valence-electron chi connectivity index (χ4n) is 1.88. The van der Waals surface area contributed by atoms with Gasteiger partial charge in [-0.15, -0.1) is 0 Å². The van der Waals surface area contributed by atoms with E-state index in [2.05, 4.69) is 20.6 Å². The summed E-state index contributed by atoms with van der Waals surface area (Å²) >= 11 is 5.97. The number of aromatic nitrogens is 2. The lowest BCUT2D eigenvalue weighted by molar-refractivity contribution is 0.859. The van der Waals surface area contributed by atoms with Crippen LogP contribution in [0.5, 0.6) is 0 Å². The second kappa shape index (κ2) is 8.65. The molecule has 0 unspecified atom stereocenters. The first-order chi connectivity index (χ1) is 11.6. The normalized spacial score (nSPS) is 10.4. The molecule has 7 heteroatoms. The van der Waals surface area contributed by atoms with Crippen LogP contribution in [0.25, 0.3) is 0 Å². The van der Waals surface area contributed by atoms with Crippen LogP contribution >= 0.6 is 11.6 Å². The molecule has 2 aromatic rings. The van der Waals surface area contributed by atoms with E-state index in [4.69, 9.17) is 22.3 Å². The first-order valence-corrected chi connectivity index (χ1v) is 7.70. The van der Waals surface area contributed by atoms with Gasteiger partial charge >= 0.3 is 0 Å². The summed E-state index contributed by atoms with van der Waals surface area (Å²) in [5.74, 6) is 0.598. The van der Waals surface area contributed by atoms with Crippen molar-refractivity contribution in [2.45, 2.75) is 6.92 Å². The maximum Gasteiger partial charge on any atom is 0.222 e. The van der Waals surface area contributed by atoms with Crippen molar-refractivity contribution < 1.29 is 0 Å². The molecule has 0 saturated carbocycles. The Morgan fingerprint density at radius 3 is 2.92 bits per heavy atom. The van der Waals surface area contributed by atoms with Gasteiger partial charge in [0.2, 0.25) is 5.95 Å². The van der Waals surface area contributed by atoms with Gasteiger partial charge in [-0.1, -0.05) is 17.7 Å². The average Bonchev–Trinajstić information content (AvgIpc) is 2.57. The number of halogens is 1. The number of allylic oxidation sites excluding steroid dienone is 1. The molecule has 0 aliphatic rings. The smallest absolute Gasteiger partial charge is 0.222 e. The van der Waals surface area contributed by atoms with Gasteiger partial charge in [0.15, 0.2) is 0 Å². The van der Waals surface area contributed by atoms with Gasteiger partial charge in [-0.3, -0.25) is 0 Å². The van der Waals surface area contributed by atoms with E-state index in [1.54, 1.807) is 36.7 Å². The van der Waals surface area contributed by atoms with E-state index < -0.39 is 0 Å². The zero-order valence-electron chi connectivity index (χ0n) is 13.2. The molecule has 0 saturated heterocycles. The molecule has 0 amide bonds. The van der Waals surface area contributed by atoms with Gasteiger partial charge in [-0.2, -0.15) is 5.26 Å². The van der Waals surface area contributed by atoms with Gasteiger partial charge in [0.1, 0.15) is 6.07 Å². The predicted octanol–water partition coefficient (Wildman–Crippen LogP) is 2.89. The molecule has 2 rings (SSSR count). The van der Waals surface area contributed by atoms with Gasteiger partial charge in [0.25, 0.3) is 0 Å². The molecule has 0 fully saturated rings. The van der Waals surface area contributed by atoms with Crippen LogP contribution in [0.15, 0.2) is 42.7 Å². The van der Waals surface area contributed by atoms with Crippen molar-refractivity contribution in [2.24, 2.45) is 0 Å². The van der Waals surface area contributed by atoms with E-state index >= 15 is 0 Å². The van der Waals surface area contributed by atoms with E-state index in [9.17, 15) is 0 Å². The van der Waals surface area contributed by atoms with Crippen LogP contribution in [0.4, 0.5) is 5.95 Å². The fraction of sp³-hybridized carbons (Fsp3) is 0.176. The summed E-state index contributed by atoms with van der Waals surface area (Å²) in [6, 6.07) is 8.76. The highest BCUT2D eigenvalue weighted by molar-refractivity contribution is 6.32. The van der Waals surface area contributed by atoms with Crippen LogP contribution in [0, 0.1) is 23.7 Å². The Morgan fingerprint density at radius 2 is 2.21 bits per heavy atom. The minimum absolute atomic E-state index is 0.309. The highest BCUT2D eigenvalue weighted by Gasteiger charge is 2.03. The molecule has 0 spiro atoms. The van der Waals surface area contributed by atoms with Gasteiger partial charge < -0.3 is 16.0 Å². The SMILES string of the molecule is Cc1ccnc(NCCN/C=C\C(=N)c2ccc(C#N)c(Cl)c2)n1. The first-order valence-electron chi connectivity index (χ1n) is 7.32. The molecular weight excluding hydrogens is 324 g/mol. The molecule has 3 N–H and O–H groups in total. The second-order valence-corrected chi connectivity index (χ2v) is 5.36. The lowest BCUT2D eigenvalue weighted by Crippen LogP contribution is -2.18. The number of rotatable bonds is 7. The third-order valence-electron chi connectivity index (χ3n) is 3.12. The minimum Gasteiger partial charge on any atom is -0.389 e. The maximum absolute atomic E-state index is 8.84. The molecule has 6 nitrogen and oxygen atoms in total. The summed E-state index contributed by atoms with van der Waals surface area (Å²) in [5.41, 5.74) is 2.28. The minimum atomic E-state index is 0.309. The van der Waals surface area contributed by atoms with Crippen molar-refractivity contribution in [2.75, 3.05) is 18.4 Å². The number of nitrogens with zero attached hydrogens (tertiary/aromatic N) is 3. The lowest BCUT2D eigenvalue weighted by Gasteiger charge is -2.05. The predicted molar refractivity (Wildman–Crippen MR) is 95.4 cm³/mol. The standard InChI is InChI=1S/C17H17ClN6/c1-12-4-7-22-17(24-12)23-9-8-21-6-5-16(20)13-2-3-14(11-19)15(18)10-13/h2-7,10,20-21H,8-9H2,1H3,(H,22,23,24)/b6-5-,20-16?. The fourth-order valence-corrected chi connectivity index (χ4v) is 2.10. The monoisotopic (exact) mass is 340 g/mol. The number of benzene rings is 1. The van der Waals surface area contributed by atoms with E-state index in [-0.39, 0.29) is 0 Å². The summed E-state index contributed by atoms with van der Waals surface area (Å²) in [4.78, 5) is 8.35. The van der Waals surface area contributed by atoms with E-state index in [0.717, 1.165) is 5.69 Å². The number of nitriles is 1. The summed E-state index contributed by atoms with van der Waals surface area (Å²) in [7, 11) is 0. The molecule has 0 atom stereocenters. The molecule has 0 bridgehead atoms. The topological polar surface area (TPSA) is 97.5 Å². The zero-order valence-corrected chi connectivity index (χ0v) is 13.9. The van der Waals surface area contributed by atoms with Crippen LogP contribution in [-0.4, -0.2) is 28.8 Å². The average molecular weight is 341 g/mol. The lowest BCUT2D eigenvalue weighted by atomic mass is 10.1. The highest BCUT2D eigenvalue weighted by Crippen LogP contribution is 2.17. The number of hydrogen-bond donors (Lipinski definition) is 3. The highest BCUT2D eigenvalue weighted by atomic mass is 35.5. The van der Waals surface area contributed by atoms with Crippen LogP contribution in [-0.2, 0) is 0 Å². The van der Waals surface area contributed by atoms with E-state index in [1.807, 2.05) is 19.1 Å². The van der Waals surface area contributed by atoms with Crippen molar-refractivity contribution in [3.05, 3.63) is 64.6 Å². The van der Waals surface area contributed by atoms with Crippen molar-refractivity contribution >= 4 is 23.3 Å². The molecule has 1 heterocycles. The third kappa shape index (κ3) is 5.07. The van der Waals surface area contributed by atoms with Crippen molar-refractivity contribution in [3.63, 3.8) is 0 Å². The van der Waals surface area contributed by atoms with Crippen LogP contribution in [0.1, 0.15) is 16.8 Å². The first kappa shape index (κ1) is 17.4. The molecule has 24 heavy (non-hydrogen) atoms. The Balaban J connectivity index is 1.76. The Kier molecular flexibility index (Phi) is 6.29. The van der Waals surface area contributed by atoms with Gasteiger partial charge in [0, 0.05) is 30.5 Å². The van der Waals surface area contributed by atoms with Crippen molar-refractivity contribution in [3.8, 4) is 6.07 Å². The number of nitrogens with one attached hydrogen (secondary N) is 3. The zero-order chi connectivity index (χ0) is 17.4. The Hall–Kier alpha value is -2.91. The van der Waals surface area contributed by atoms with Crippen molar-refractivity contribution in [1.29, 1.82) is 10.7 Å². The molecule has 1 aromatic heterocycles. The summed E-state index contributed by atoms with van der Waals surface area (Å²) in [5, 5.41) is 23.4. The maximum atomic E-state index is 8.84.